The van der Waals surface area contributed by atoms with Crippen molar-refractivity contribution >= 4 is 23.5 Å². The van der Waals surface area contributed by atoms with Crippen molar-refractivity contribution in [3.63, 3.8) is 0 Å². The van der Waals surface area contributed by atoms with E-state index in [2.05, 4.69) is 59.2 Å². The minimum atomic E-state index is 0.766. The molecule has 1 aliphatic carbocycles. The largest absolute Gasteiger partial charge is 0.313 e. The van der Waals surface area contributed by atoms with Crippen LogP contribution in [0.2, 0.25) is 0 Å². The Kier molecular flexibility index (Phi) is 5.75. The summed E-state index contributed by atoms with van der Waals surface area (Å²) in [5, 5.41) is 4.68. The minimum Gasteiger partial charge on any atom is -0.313 e. The standard InChI is InChI=1S/C17H25NS2/c1-2-4-14(5-3-1)15-6-8-16(9-7-15)18-12-17-13-19-10-11-20-17/h1-5,15-18H,6-13H2. The molecule has 2 fully saturated rings. The molecule has 0 bridgehead atoms. The molecule has 2 aliphatic rings. The van der Waals surface area contributed by atoms with E-state index in [1.807, 2.05) is 0 Å². The van der Waals surface area contributed by atoms with Crippen LogP contribution in [0.1, 0.15) is 37.2 Å². The lowest BCUT2D eigenvalue weighted by atomic mass is 9.82. The van der Waals surface area contributed by atoms with Gasteiger partial charge in [0, 0.05) is 35.1 Å². The van der Waals surface area contributed by atoms with Gasteiger partial charge in [-0.2, -0.15) is 23.5 Å². The highest BCUT2D eigenvalue weighted by atomic mass is 32.2. The summed E-state index contributed by atoms with van der Waals surface area (Å²) in [6.07, 6.45) is 5.41. The Morgan fingerprint density at radius 2 is 1.80 bits per heavy atom. The number of rotatable bonds is 4. The molecular weight excluding hydrogens is 282 g/mol. The molecule has 1 aromatic carbocycles. The van der Waals surface area contributed by atoms with Gasteiger partial charge in [0.25, 0.3) is 0 Å². The summed E-state index contributed by atoms with van der Waals surface area (Å²) < 4.78 is 0. The molecular formula is C17H25NS2. The Balaban J connectivity index is 1.40. The van der Waals surface area contributed by atoms with E-state index in [0.717, 1.165) is 17.2 Å². The first-order valence-electron chi connectivity index (χ1n) is 7.89. The molecule has 0 spiro atoms. The van der Waals surface area contributed by atoms with Crippen LogP contribution in [0.3, 0.4) is 0 Å². The number of benzene rings is 1. The van der Waals surface area contributed by atoms with Gasteiger partial charge in [-0.15, -0.1) is 0 Å². The molecule has 3 rings (SSSR count). The van der Waals surface area contributed by atoms with Gasteiger partial charge in [0.15, 0.2) is 0 Å². The fourth-order valence-corrected chi connectivity index (χ4v) is 5.93. The summed E-state index contributed by atoms with van der Waals surface area (Å²) >= 11 is 4.29. The predicted octanol–water partition coefficient (Wildman–Crippen LogP) is 4.15. The van der Waals surface area contributed by atoms with Crippen LogP contribution < -0.4 is 5.32 Å². The Hall–Kier alpha value is -0.120. The monoisotopic (exact) mass is 307 g/mol. The van der Waals surface area contributed by atoms with Crippen molar-refractivity contribution in [2.75, 3.05) is 23.8 Å². The average Bonchev–Trinajstić information content (AvgIpc) is 2.55. The number of hydrogen-bond acceptors (Lipinski definition) is 3. The van der Waals surface area contributed by atoms with Crippen LogP contribution in [-0.4, -0.2) is 35.1 Å². The maximum absolute atomic E-state index is 3.83. The Morgan fingerprint density at radius 1 is 1.00 bits per heavy atom. The van der Waals surface area contributed by atoms with E-state index in [1.165, 1.54) is 49.5 Å². The molecule has 1 unspecified atom stereocenters. The summed E-state index contributed by atoms with van der Waals surface area (Å²) in [7, 11) is 0. The topological polar surface area (TPSA) is 12.0 Å². The lowest BCUT2D eigenvalue weighted by molar-refractivity contribution is 0.344. The van der Waals surface area contributed by atoms with E-state index < -0.39 is 0 Å². The van der Waals surface area contributed by atoms with Crippen LogP contribution >= 0.6 is 23.5 Å². The van der Waals surface area contributed by atoms with Crippen molar-refractivity contribution in [3.05, 3.63) is 35.9 Å². The smallest absolute Gasteiger partial charge is 0.0263 e. The molecule has 1 nitrogen and oxygen atoms in total. The molecule has 1 heterocycles. The highest BCUT2D eigenvalue weighted by Crippen LogP contribution is 2.33. The highest BCUT2D eigenvalue weighted by Gasteiger charge is 2.23. The molecule has 1 atom stereocenters. The summed E-state index contributed by atoms with van der Waals surface area (Å²) in [5.74, 6) is 4.84. The SMILES string of the molecule is c1ccc(C2CCC(NCC3CSCCS3)CC2)cc1. The number of hydrogen-bond donors (Lipinski definition) is 1. The van der Waals surface area contributed by atoms with Crippen LogP contribution in [0.4, 0.5) is 0 Å². The van der Waals surface area contributed by atoms with Crippen LogP contribution in [0, 0.1) is 0 Å². The summed E-state index contributed by atoms with van der Waals surface area (Å²) in [5.41, 5.74) is 1.55. The first kappa shape index (κ1) is 14.8. The van der Waals surface area contributed by atoms with E-state index in [1.54, 1.807) is 5.56 Å². The Bertz CT molecular complexity index is 381. The van der Waals surface area contributed by atoms with Crippen molar-refractivity contribution in [1.82, 2.24) is 5.32 Å². The predicted molar refractivity (Wildman–Crippen MR) is 93.0 cm³/mol. The Morgan fingerprint density at radius 3 is 2.50 bits per heavy atom. The molecule has 1 saturated heterocycles. The van der Waals surface area contributed by atoms with Crippen LogP contribution in [-0.2, 0) is 0 Å². The van der Waals surface area contributed by atoms with Gasteiger partial charge in [0.05, 0.1) is 0 Å². The second-order valence-electron chi connectivity index (χ2n) is 5.94. The number of thioether (sulfide) groups is 2. The molecule has 1 aromatic rings. The molecule has 110 valence electrons. The molecule has 3 heteroatoms. The lowest BCUT2D eigenvalue weighted by Crippen LogP contribution is -2.38. The van der Waals surface area contributed by atoms with E-state index in [9.17, 15) is 0 Å². The van der Waals surface area contributed by atoms with Gasteiger partial charge in [0.1, 0.15) is 0 Å². The van der Waals surface area contributed by atoms with E-state index >= 15 is 0 Å². The maximum Gasteiger partial charge on any atom is 0.0263 e. The first-order valence-corrected chi connectivity index (χ1v) is 10.1. The zero-order valence-corrected chi connectivity index (χ0v) is 13.7. The second kappa shape index (κ2) is 7.77. The zero-order valence-electron chi connectivity index (χ0n) is 12.1. The first-order chi connectivity index (χ1) is 9.92. The van der Waals surface area contributed by atoms with Gasteiger partial charge in [-0.3, -0.25) is 0 Å². The average molecular weight is 308 g/mol. The van der Waals surface area contributed by atoms with Gasteiger partial charge < -0.3 is 5.32 Å². The molecule has 0 radical (unpaired) electrons. The van der Waals surface area contributed by atoms with Crippen molar-refractivity contribution in [2.45, 2.75) is 42.9 Å². The minimum absolute atomic E-state index is 0.766. The van der Waals surface area contributed by atoms with Gasteiger partial charge in [-0.25, -0.2) is 0 Å². The summed E-state index contributed by atoms with van der Waals surface area (Å²) in [4.78, 5) is 0. The van der Waals surface area contributed by atoms with E-state index in [0.29, 0.717) is 0 Å². The van der Waals surface area contributed by atoms with Crippen molar-refractivity contribution in [1.29, 1.82) is 0 Å². The van der Waals surface area contributed by atoms with Crippen LogP contribution in [0.5, 0.6) is 0 Å². The van der Waals surface area contributed by atoms with Gasteiger partial charge in [0.2, 0.25) is 0 Å². The van der Waals surface area contributed by atoms with E-state index in [-0.39, 0.29) is 0 Å². The highest BCUT2D eigenvalue weighted by molar-refractivity contribution is 8.06. The van der Waals surface area contributed by atoms with Gasteiger partial charge in [-0.1, -0.05) is 30.3 Å². The number of nitrogens with one attached hydrogen (secondary N) is 1. The van der Waals surface area contributed by atoms with Gasteiger partial charge in [-0.05, 0) is 37.2 Å². The third kappa shape index (κ3) is 4.19. The van der Waals surface area contributed by atoms with Crippen molar-refractivity contribution in [2.24, 2.45) is 0 Å². The molecule has 20 heavy (non-hydrogen) atoms. The third-order valence-electron chi connectivity index (χ3n) is 4.52. The maximum atomic E-state index is 3.83. The van der Waals surface area contributed by atoms with E-state index in [4.69, 9.17) is 0 Å². The van der Waals surface area contributed by atoms with Crippen molar-refractivity contribution < 1.29 is 0 Å². The lowest BCUT2D eigenvalue weighted by Gasteiger charge is -2.31. The van der Waals surface area contributed by atoms with Crippen molar-refractivity contribution in [3.8, 4) is 0 Å². The molecule has 0 amide bonds. The molecule has 1 saturated carbocycles. The molecule has 0 aromatic heterocycles. The Labute approximate surface area is 131 Å². The second-order valence-corrected chi connectivity index (χ2v) is 8.49. The summed E-state index contributed by atoms with van der Waals surface area (Å²) in [6, 6.07) is 11.8. The fraction of sp³-hybridized carbons (Fsp3) is 0.647. The molecule has 1 N–H and O–H groups in total. The third-order valence-corrected chi connectivity index (χ3v) is 7.36. The normalized spacial score (nSPS) is 31.1. The van der Waals surface area contributed by atoms with Gasteiger partial charge >= 0.3 is 0 Å². The summed E-state index contributed by atoms with van der Waals surface area (Å²) in [6.45, 7) is 1.22. The fourth-order valence-electron chi connectivity index (χ4n) is 3.31. The quantitative estimate of drug-likeness (QED) is 0.897. The molecule has 1 aliphatic heterocycles. The van der Waals surface area contributed by atoms with Crippen LogP contribution in [0.15, 0.2) is 30.3 Å². The van der Waals surface area contributed by atoms with Crippen LogP contribution in [0.25, 0.3) is 0 Å². The zero-order chi connectivity index (χ0) is 13.6.